The van der Waals surface area contributed by atoms with Crippen LogP contribution in [0.15, 0.2) is 60.7 Å². The van der Waals surface area contributed by atoms with E-state index in [1.807, 2.05) is 37.3 Å². The number of hydrogen-bond acceptors (Lipinski definition) is 1. The molecule has 0 saturated carbocycles. The SMILES string of the molecule is Cc1cc(-c2c[c]ccc2)nc(-c2ccc(C(F)(F)F)cc2)c1. The van der Waals surface area contributed by atoms with E-state index in [9.17, 15) is 13.2 Å². The molecule has 0 N–H and O–H groups in total. The van der Waals surface area contributed by atoms with Gasteiger partial charge in [0.05, 0.1) is 17.0 Å². The maximum absolute atomic E-state index is 12.7. The first-order valence-corrected chi connectivity index (χ1v) is 7.06. The predicted octanol–water partition coefficient (Wildman–Crippen LogP) is 5.54. The van der Waals surface area contributed by atoms with Crippen LogP contribution >= 0.6 is 0 Å². The molecule has 0 aliphatic carbocycles. The van der Waals surface area contributed by atoms with Gasteiger partial charge in [0.1, 0.15) is 0 Å². The minimum atomic E-state index is -4.33. The largest absolute Gasteiger partial charge is 0.416 e. The lowest BCUT2D eigenvalue weighted by atomic mass is 10.0. The van der Waals surface area contributed by atoms with Gasteiger partial charge in [-0.25, -0.2) is 4.98 Å². The number of aromatic nitrogens is 1. The number of aryl methyl sites for hydroxylation is 1. The molecular weight excluding hydrogens is 299 g/mol. The molecule has 1 aromatic heterocycles. The lowest BCUT2D eigenvalue weighted by molar-refractivity contribution is -0.137. The van der Waals surface area contributed by atoms with Gasteiger partial charge in [-0.05, 0) is 48.9 Å². The van der Waals surface area contributed by atoms with Crippen molar-refractivity contribution in [2.75, 3.05) is 0 Å². The van der Waals surface area contributed by atoms with Crippen molar-refractivity contribution in [2.24, 2.45) is 0 Å². The molecule has 0 amide bonds. The Bertz CT molecular complexity index is 806. The molecule has 2 aromatic carbocycles. The smallest absolute Gasteiger partial charge is 0.248 e. The first kappa shape index (κ1) is 15.3. The number of hydrogen-bond donors (Lipinski definition) is 0. The summed E-state index contributed by atoms with van der Waals surface area (Å²) in [5, 5.41) is 0. The van der Waals surface area contributed by atoms with Crippen LogP contribution in [0.3, 0.4) is 0 Å². The van der Waals surface area contributed by atoms with Crippen molar-refractivity contribution in [3.8, 4) is 22.5 Å². The summed E-state index contributed by atoms with van der Waals surface area (Å²) < 4.78 is 38.0. The maximum Gasteiger partial charge on any atom is 0.416 e. The number of halogens is 3. The molecular formula is C19H13F3N. The topological polar surface area (TPSA) is 12.9 Å². The standard InChI is InChI=1S/C19H13F3N/c1-13-11-17(14-5-3-2-4-6-14)23-18(12-13)15-7-9-16(10-8-15)19(20,21)22/h2-3,5-12H,1H3. The average molecular weight is 312 g/mol. The lowest BCUT2D eigenvalue weighted by Crippen LogP contribution is -2.04. The number of benzene rings is 2. The Hall–Kier alpha value is -2.62. The summed E-state index contributed by atoms with van der Waals surface area (Å²) in [6.07, 6.45) is -4.33. The van der Waals surface area contributed by atoms with Crippen molar-refractivity contribution in [3.63, 3.8) is 0 Å². The molecule has 1 radical (unpaired) electrons. The minimum absolute atomic E-state index is 0.651. The second-order valence-electron chi connectivity index (χ2n) is 5.28. The van der Waals surface area contributed by atoms with Crippen LogP contribution in [0.4, 0.5) is 13.2 Å². The number of rotatable bonds is 2. The minimum Gasteiger partial charge on any atom is -0.248 e. The summed E-state index contributed by atoms with van der Waals surface area (Å²) >= 11 is 0. The Morgan fingerprint density at radius 1 is 0.913 bits per heavy atom. The molecule has 1 heterocycles. The molecule has 0 saturated heterocycles. The van der Waals surface area contributed by atoms with Gasteiger partial charge in [-0.2, -0.15) is 13.2 Å². The number of nitrogens with zero attached hydrogens (tertiary/aromatic N) is 1. The Morgan fingerprint density at radius 3 is 2.13 bits per heavy atom. The zero-order chi connectivity index (χ0) is 16.4. The fourth-order valence-electron chi connectivity index (χ4n) is 2.35. The van der Waals surface area contributed by atoms with Crippen LogP contribution in [0.1, 0.15) is 11.1 Å². The second kappa shape index (κ2) is 5.88. The van der Waals surface area contributed by atoms with Crippen LogP contribution < -0.4 is 0 Å². The second-order valence-corrected chi connectivity index (χ2v) is 5.28. The maximum atomic E-state index is 12.7. The molecule has 0 bridgehead atoms. The van der Waals surface area contributed by atoms with Crippen LogP contribution in [0.2, 0.25) is 0 Å². The third-order valence-electron chi connectivity index (χ3n) is 3.48. The van der Waals surface area contributed by atoms with Gasteiger partial charge < -0.3 is 0 Å². The molecule has 0 unspecified atom stereocenters. The van der Waals surface area contributed by atoms with Crippen LogP contribution in [0.25, 0.3) is 22.5 Å². The van der Waals surface area contributed by atoms with E-state index in [2.05, 4.69) is 11.1 Å². The lowest BCUT2D eigenvalue weighted by Gasteiger charge is -2.09. The van der Waals surface area contributed by atoms with Gasteiger partial charge in [-0.3, -0.25) is 0 Å². The van der Waals surface area contributed by atoms with Crippen molar-refractivity contribution in [1.29, 1.82) is 0 Å². The molecule has 4 heteroatoms. The zero-order valence-corrected chi connectivity index (χ0v) is 12.4. The van der Waals surface area contributed by atoms with Crippen molar-refractivity contribution >= 4 is 0 Å². The fraction of sp³-hybridized carbons (Fsp3) is 0.105. The summed E-state index contributed by atoms with van der Waals surface area (Å²) in [5.74, 6) is 0. The van der Waals surface area contributed by atoms with Gasteiger partial charge in [0.15, 0.2) is 0 Å². The Kier molecular flexibility index (Phi) is 3.90. The molecule has 0 aliphatic heterocycles. The van der Waals surface area contributed by atoms with E-state index in [1.54, 1.807) is 6.07 Å². The number of pyridine rings is 1. The van der Waals surface area contributed by atoms with Gasteiger partial charge in [-0.1, -0.05) is 30.3 Å². The van der Waals surface area contributed by atoms with Crippen LogP contribution in [-0.2, 0) is 6.18 Å². The summed E-state index contributed by atoms with van der Waals surface area (Å²) in [5.41, 5.74) is 3.34. The molecule has 3 rings (SSSR count). The van der Waals surface area contributed by atoms with E-state index in [0.29, 0.717) is 11.3 Å². The zero-order valence-electron chi connectivity index (χ0n) is 12.4. The first-order chi connectivity index (χ1) is 10.9. The average Bonchev–Trinajstić information content (AvgIpc) is 2.54. The molecule has 0 spiro atoms. The highest BCUT2D eigenvalue weighted by Crippen LogP contribution is 2.31. The van der Waals surface area contributed by atoms with Crippen molar-refractivity contribution < 1.29 is 13.2 Å². The quantitative estimate of drug-likeness (QED) is 0.605. The summed E-state index contributed by atoms with van der Waals surface area (Å²) in [4.78, 5) is 4.56. The van der Waals surface area contributed by atoms with Crippen LogP contribution in [0, 0.1) is 13.0 Å². The third kappa shape index (κ3) is 3.42. The molecule has 0 atom stereocenters. The van der Waals surface area contributed by atoms with Gasteiger partial charge in [0, 0.05) is 11.1 Å². The summed E-state index contributed by atoms with van der Waals surface area (Å²) in [6, 6.07) is 19.3. The highest BCUT2D eigenvalue weighted by atomic mass is 19.4. The van der Waals surface area contributed by atoms with Crippen molar-refractivity contribution in [2.45, 2.75) is 13.1 Å². The molecule has 23 heavy (non-hydrogen) atoms. The van der Waals surface area contributed by atoms with E-state index in [-0.39, 0.29) is 0 Å². The predicted molar refractivity (Wildman–Crippen MR) is 83.7 cm³/mol. The van der Waals surface area contributed by atoms with Gasteiger partial charge in [0.2, 0.25) is 0 Å². The fourth-order valence-corrected chi connectivity index (χ4v) is 2.35. The van der Waals surface area contributed by atoms with E-state index < -0.39 is 11.7 Å². The Morgan fingerprint density at radius 2 is 1.57 bits per heavy atom. The Balaban J connectivity index is 2.02. The van der Waals surface area contributed by atoms with Crippen molar-refractivity contribution in [3.05, 3.63) is 77.9 Å². The summed E-state index contributed by atoms with van der Waals surface area (Å²) in [6.45, 7) is 1.94. The molecule has 0 aliphatic rings. The van der Waals surface area contributed by atoms with E-state index in [1.165, 1.54) is 12.1 Å². The number of alkyl halides is 3. The van der Waals surface area contributed by atoms with Crippen LogP contribution in [0.5, 0.6) is 0 Å². The van der Waals surface area contributed by atoms with E-state index in [0.717, 1.165) is 29.0 Å². The Labute approximate surface area is 132 Å². The van der Waals surface area contributed by atoms with E-state index >= 15 is 0 Å². The van der Waals surface area contributed by atoms with Gasteiger partial charge in [-0.15, -0.1) is 0 Å². The molecule has 115 valence electrons. The normalized spacial score (nSPS) is 11.5. The molecule has 1 nitrogen and oxygen atoms in total. The molecule has 3 aromatic rings. The summed E-state index contributed by atoms with van der Waals surface area (Å²) in [7, 11) is 0. The van der Waals surface area contributed by atoms with Crippen LogP contribution in [-0.4, -0.2) is 4.98 Å². The highest BCUT2D eigenvalue weighted by molar-refractivity contribution is 5.67. The van der Waals surface area contributed by atoms with E-state index in [4.69, 9.17) is 0 Å². The van der Waals surface area contributed by atoms with Gasteiger partial charge in [0.25, 0.3) is 0 Å². The van der Waals surface area contributed by atoms with Crippen molar-refractivity contribution in [1.82, 2.24) is 4.98 Å². The molecule has 0 fully saturated rings. The monoisotopic (exact) mass is 312 g/mol. The van der Waals surface area contributed by atoms with Gasteiger partial charge >= 0.3 is 6.18 Å². The highest BCUT2D eigenvalue weighted by Gasteiger charge is 2.30. The third-order valence-corrected chi connectivity index (χ3v) is 3.48. The first-order valence-electron chi connectivity index (χ1n) is 7.06.